The zero-order chi connectivity index (χ0) is 13.8. The third-order valence-corrected chi connectivity index (χ3v) is 3.39. The highest BCUT2D eigenvalue weighted by Gasteiger charge is 2.34. The summed E-state index contributed by atoms with van der Waals surface area (Å²) in [5.74, 6) is -0.0973. The van der Waals surface area contributed by atoms with Gasteiger partial charge < -0.3 is 15.3 Å². The molecule has 1 aliphatic heterocycles. The highest BCUT2D eigenvalue weighted by Crippen LogP contribution is 2.27. The summed E-state index contributed by atoms with van der Waals surface area (Å²) in [6.45, 7) is 2.48. The predicted molar refractivity (Wildman–Crippen MR) is 71.6 cm³/mol. The molecule has 2 N–H and O–H groups in total. The maximum absolute atomic E-state index is 12.0. The molecule has 5 heteroatoms. The van der Waals surface area contributed by atoms with Crippen LogP contribution in [-0.4, -0.2) is 36.2 Å². The minimum absolute atomic E-state index is 0.0595. The number of hydrogen-bond acceptors (Lipinski definition) is 4. The van der Waals surface area contributed by atoms with Crippen LogP contribution in [-0.2, 0) is 4.79 Å². The standard InChI is InChI=1S/C14H17N3O2/c1-10-9-16-14(19)13(6-7-18)17(10)12-5-3-2-4-11(12)8-15/h2-5,10,13,18H,6-7,9H2,1H3,(H,16,19). The normalized spacial score (nSPS) is 22.8. The Kier molecular flexibility index (Phi) is 4.03. The largest absolute Gasteiger partial charge is 0.396 e. The molecule has 1 amide bonds. The van der Waals surface area contributed by atoms with Gasteiger partial charge in [-0.1, -0.05) is 12.1 Å². The Morgan fingerprint density at radius 1 is 1.53 bits per heavy atom. The zero-order valence-electron chi connectivity index (χ0n) is 10.8. The van der Waals surface area contributed by atoms with E-state index < -0.39 is 6.04 Å². The molecule has 1 saturated heterocycles. The van der Waals surface area contributed by atoms with Crippen LogP contribution in [0, 0.1) is 11.3 Å². The van der Waals surface area contributed by atoms with E-state index in [4.69, 9.17) is 5.11 Å². The van der Waals surface area contributed by atoms with Gasteiger partial charge in [0.25, 0.3) is 0 Å². The van der Waals surface area contributed by atoms with Gasteiger partial charge in [-0.05, 0) is 25.5 Å². The van der Waals surface area contributed by atoms with E-state index in [1.165, 1.54) is 0 Å². The van der Waals surface area contributed by atoms with Crippen molar-refractivity contribution < 1.29 is 9.90 Å². The smallest absolute Gasteiger partial charge is 0.242 e. The molecule has 2 atom stereocenters. The molecule has 1 aromatic carbocycles. The number of amides is 1. The Bertz CT molecular complexity index is 510. The zero-order valence-corrected chi connectivity index (χ0v) is 10.8. The SMILES string of the molecule is CC1CNC(=O)C(CCO)N1c1ccccc1C#N. The van der Waals surface area contributed by atoms with E-state index in [1.54, 1.807) is 12.1 Å². The monoisotopic (exact) mass is 259 g/mol. The van der Waals surface area contributed by atoms with Crippen molar-refractivity contribution in [3.8, 4) is 6.07 Å². The van der Waals surface area contributed by atoms with Gasteiger partial charge in [-0.15, -0.1) is 0 Å². The average molecular weight is 259 g/mol. The van der Waals surface area contributed by atoms with Gasteiger partial charge in [0.1, 0.15) is 12.1 Å². The second-order valence-corrected chi connectivity index (χ2v) is 4.66. The Balaban J connectivity index is 2.42. The third kappa shape index (κ3) is 2.54. The number of carbonyl (C=O) groups is 1. The first-order chi connectivity index (χ1) is 9.19. The summed E-state index contributed by atoms with van der Waals surface area (Å²) in [4.78, 5) is 13.9. The number of anilines is 1. The molecule has 100 valence electrons. The van der Waals surface area contributed by atoms with Crippen LogP contribution in [0.3, 0.4) is 0 Å². The molecule has 0 saturated carbocycles. The Morgan fingerprint density at radius 3 is 2.95 bits per heavy atom. The molecule has 2 rings (SSSR count). The first-order valence-electron chi connectivity index (χ1n) is 6.35. The van der Waals surface area contributed by atoms with E-state index in [9.17, 15) is 10.1 Å². The number of piperazine rings is 1. The molecule has 1 heterocycles. The van der Waals surface area contributed by atoms with Gasteiger partial charge in [0.2, 0.25) is 5.91 Å². The third-order valence-electron chi connectivity index (χ3n) is 3.39. The van der Waals surface area contributed by atoms with Gasteiger partial charge in [-0.3, -0.25) is 4.79 Å². The fourth-order valence-corrected chi connectivity index (χ4v) is 2.49. The van der Waals surface area contributed by atoms with Crippen LogP contribution in [0.1, 0.15) is 18.9 Å². The first kappa shape index (κ1) is 13.4. The molecule has 19 heavy (non-hydrogen) atoms. The second kappa shape index (κ2) is 5.72. The van der Waals surface area contributed by atoms with E-state index >= 15 is 0 Å². The minimum atomic E-state index is -0.428. The summed E-state index contributed by atoms with van der Waals surface area (Å²) in [5, 5.41) is 21.2. The highest BCUT2D eigenvalue weighted by atomic mass is 16.3. The first-order valence-corrected chi connectivity index (χ1v) is 6.35. The average Bonchev–Trinajstić information content (AvgIpc) is 2.43. The number of nitrogens with one attached hydrogen (secondary N) is 1. The van der Waals surface area contributed by atoms with Gasteiger partial charge in [0.05, 0.1) is 11.3 Å². The number of hydrogen-bond donors (Lipinski definition) is 2. The van der Waals surface area contributed by atoms with E-state index in [-0.39, 0.29) is 18.6 Å². The van der Waals surface area contributed by atoms with Gasteiger partial charge in [-0.25, -0.2) is 0 Å². The number of nitriles is 1. The number of aliphatic hydroxyl groups excluding tert-OH is 1. The number of aliphatic hydroxyl groups is 1. The quantitative estimate of drug-likeness (QED) is 0.835. The van der Waals surface area contributed by atoms with Crippen molar-refractivity contribution in [2.45, 2.75) is 25.4 Å². The van der Waals surface area contributed by atoms with Crippen molar-refractivity contribution in [1.29, 1.82) is 5.26 Å². The lowest BCUT2D eigenvalue weighted by atomic mass is 10.0. The van der Waals surface area contributed by atoms with Gasteiger partial charge >= 0.3 is 0 Å². The molecular formula is C14H17N3O2. The molecule has 1 aliphatic rings. The highest BCUT2D eigenvalue weighted by molar-refractivity contribution is 5.87. The summed E-state index contributed by atoms with van der Waals surface area (Å²) in [6.07, 6.45) is 0.357. The Morgan fingerprint density at radius 2 is 2.26 bits per heavy atom. The molecule has 0 bridgehead atoms. The fourth-order valence-electron chi connectivity index (χ4n) is 2.49. The molecule has 5 nitrogen and oxygen atoms in total. The lowest BCUT2D eigenvalue weighted by molar-refractivity contribution is -0.124. The van der Waals surface area contributed by atoms with Crippen LogP contribution in [0.15, 0.2) is 24.3 Å². The van der Waals surface area contributed by atoms with Crippen molar-refractivity contribution in [3.05, 3.63) is 29.8 Å². The number of para-hydroxylation sites is 1. The summed E-state index contributed by atoms with van der Waals surface area (Å²) >= 11 is 0. The summed E-state index contributed by atoms with van der Waals surface area (Å²) in [7, 11) is 0. The number of nitrogens with zero attached hydrogens (tertiary/aromatic N) is 2. The molecule has 2 unspecified atom stereocenters. The van der Waals surface area contributed by atoms with Crippen LogP contribution < -0.4 is 10.2 Å². The number of benzene rings is 1. The van der Waals surface area contributed by atoms with Gasteiger partial charge in [-0.2, -0.15) is 5.26 Å². The lowest BCUT2D eigenvalue weighted by Crippen LogP contribution is -2.60. The molecule has 0 radical (unpaired) electrons. The predicted octanol–water partition coefficient (Wildman–Crippen LogP) is 0.634. The second-order valence-electron chi connectivity index (χ2n) is 4.66. The van der Waals surface area contributed by atoms with Crippen molar-refractivity contribution >= 4 is 11.6 Å². The topological polar surface area (TPSA) is 76.4 Å². The Hall–Kier alpha value is -2.06. The lowest BCUT2D eigenvalue weighted by Gasteiger charge is -2.42. The minimum Gasteiger partial charge on any atom is -0.396 e. The molecular weight excluding hydrogens is 242 g/mol. The molecule has 1 aromatic rings. The van der Waals surface area contributed by atoms with Crippen molar-refractivity contribution in [1.82, 2.24) is 5.32 Å². The Labute approximate surface area is 112 Å². The van der Waals surface area contributed by atoms with E-state index in [0.717, 1.165) is 5.69 Å². The van der Waals surface area contributed by atoms with E-state index in [0.29, 0.717) is 18.5 Å². The number of carbonyl (C=O) groups excluding carboxylic acids is 1. The maximum Gasteiger partial charge on any atom is 0.242 e. The summed E-state index contributed by atoms with van der Waals surface area (Å²) in [5.41, 5.74) is 1.30. The van der Waals surface area contributed by atoms with Crippen LogP contribution in [0.5, 0.6) is 0 Å². The summed E-state index contributed by atoms with van der Waals surface area (Å²) < 4.78 is 0. The molecule has 1 fully saturated rings. The van der Waals surface area contributed by atoms with E-state index in [2.05, 4.69) is 11.4 Å². The van der Waals surface area contributed by atoms with E-state index in [1.807, 2.05) is 24.0 Å². The summed E-state index contributed by atoms with van der Waals surface area (Å²) in [6, 6.07) is 9.06. The molecule has 0 aromatic heterocycles. The molecule has 0 spiro atoms. The van der Waals surface area contributed by atoms with Crippen molar-refractivity contribution in [3.63, 3.8) is 0 Å². The molecule has 0 aliphatic carbocycles. The van der Waals surface area contributed by atoms with Gasteiger partial charge in [0.15, 0.2) is 0 Å². The van der Waals surface area contributed by atoms with Crippen molar-refractivity contribution in [2.75, 3.05) is 18.1 Å². The van der Waals surface area contributed by atoms with Crippen LogP contribution in [0.25, 0.3) is 0 Å². The van der Waals surface area contributed by atoms with Crippen LogP contribution in [0.2, 0.25) is 0 Å². The van der Waals surface area contributed by atoms with Gasteiger partial charge in [0, 0.05) is 19.2 Å². The maximum atomic E-state index is 12.0. The van der Waals surface area contributed by atoms with Crippen molar-refractivity contribution in [2.24, 2.45) is 0 Å². The van der Waals surface area contributed by atoms with Crippen LogP contribution in [0.4, 0.5) is 5.69 Å². The van der Waals surface area contributed by atoms with Crippen LogP contribution >= 0.6 is 0 Å². The fraction of sp³-hybridized carbons (Fsp3) is 0.429. The number of rotatable bonds is 3.